The standard InChI is InChI=1S/C12H13BrClNO3/c1-2-7(12(17)18)6-15-11(16)9-5-8(13)3-4-10(9)14/h3-5,7H,2,6H2,1H3,(H,15,16)(H,17,18). The Kier molecular flexibility index (Phi) is 5.62. The molecular formula is C12H13BrClNO3. The smallest absolute Gasteiger partial charge is 0.308 e. The molecule has 0 aliphatic carbocycles. The molecule has 0 heterocycles. The van der Waals surface area contributed by atoms with E-state index in [-0.39, 0.29) is 12.5 Å². The van der Waals surface area contributed by atoms with E-state index in [0.29, 0.717) is 17.0 Å². The van der Waals surface area contributed by atoms with E-state index in [1.54, 1.807) is 25.1 Å². The van der Waals surface area contributed by atoms with Gasteiger partial charge in [-0.25, -0.2) is 0 Å². The highest BCUT2D eigenvalue weighted by Crippen LogP contribution is 2.20. The van der Waals surface area contributed by atoms with E-state index in [1.807, 2.05) is 0 Å². The molecule has 0 radical (unpaired) electrons. The van der Waals surface area contributed by atoms with Crippen LogP contribution < -0.4 is 5.32 Å². The molecule has 0 aliphatic rings. The third-order valence-electron chi connectivity index (χ3n) is 2.52. The highest BCUT2D eigenvalue weighted by Gasteiger charge is 2.17. The van der Waals surface area contributed by atoms with Gasteiger partial charge < -0.3 is 10.4 Å². The molecule has 1 aromatic rings. The van der Waals surface area contributed by atoms with Crippen LogP contribution in [0.4, 0.5) is 0 Å². The molecule has 6 heteroatoms. The van der Waals surface area contributed by atoms with Crippen LogP contribution in [0.5, 0.6) is 0 Å². The predicted octanol–water partition coefficient (Wildman–Crippen LogP) is 2.94. The number of carbonyl (C=O) groups is 2. The molecule has 0 fully saturated rings. The van der Waals surface area contributed by atoms with Crippen molar-refractivity contribution in [3.05, 3.63) is 33.3 Å². The molecule has 4 nitrogen and oxygen atoms in total. The fourth-order valence-corrected chi connectivity index (χ4v) is 1.95. The Hall–Kier alpha value is -1.07. The second kappa shape index (κ2) is 6.75. The summed E-state index contributed by atoms with van der Waals surface area (Å²) in [4.78, 5) is 22.7. The molecule has 1 aromatic carbocycles. The number of amides is 1. The summed E-state index contributed by atoms with van der Waals surface area (Å²) < 4.78 is 0.738. The molecule has 1 atom stereocenters. The fraction of sp³-hybridized carbons (Fsp3) is 0.333. The fourth-order valence-electron chi connectivity index (χ4n) is 1.39. The first-order valence-electron chi connectivity index (χ1n) is 5.41. The lowest BCUT2D eigenvalue weighted by Gasteiger charge is -2.11. The number of carboxylic acids is 1. The maximum absolute atomic E-state index is 11.9. The Morgan fingerprint density at radius 3 is 2.72 bits per heavy atom. The topological polar surface area (TPSA) is 66.4 Å². The third-order valence-corrected chi connectivity index (χ3v) is 3.35. The van der Waals surface area contributed by atoms with Crippen molar-refractivity contribution in [1.29, 1.82) is 0 Å². The van der Waals surface area contributed by atoms with Crippen molar-refractivity contribution in [3.8, 4) is 0 Å². The summed E-state index contributed by atoms with van der Waals surface area (Å²) in [7, 11) is 0. The van der Waals surface area contributed by atoms with Crippen LogP contribution in [0, 0.1) is 5.92 Å². The summed E-state index contributed by atoms with van der Waals surface area (Å²) in [6.45, 7) is 1.85. The van der Waals surface area contributed by atoms with Gasteiger partial charge in [0.05, 0.1) is 16.5 Å². The van der Waals surface area contributed by atoms with Gasteiger partial charge in [0.15, 0.2) is 0 Å². The van der Waals surface area contributed by atoms with Crippen molar-refractivity contribution >= 4 is 39.4 Å². The second-order valence-electron chi connectivity index (χ2n) is 3.78. The van der Waals surface area contributed by atoms with Gasteiger partial charge in [-0.1, -0.05) is 34.5 Å². The number of nitrogens with one attached hydrogen (secondary N) is 1. The lowest BCUT2D eigenvalue weighted by atomic mass is 10.1. The van der Waals surface area contributed by atoms with Crippen LogP contribution in [0.15, 0.2) is 22.7 Å². The van der Waals surface area contributed by atoms with Crippen LogP contribution in [0.25, 0.3) is 0 Å². The van der Waals surface area contributed by atoms with Crippen LogP contribution in [0.1, 0.15) is 23.7 Å². The van der Waals surface area contributed by atoms with Gasteiger partial charge in [-0.05, 0) is 24.6 Å². The minimum atomic E-state index is -0.918. The summed E-state index contributed by atoms with van der Waals surface area (Å²) in [6.07, 6.45) is 0.460. The van der Waals surface area contributed by atoms with Crippen molar-refractivity contribution in [1.82, 2.24) is 5.32 Å². The van der Waals surface area contributed by atoms with Gasteiger partial charge in [0.2, 0.25) is 0 Å². The van der Waals surface area contributed by atoms with Crippen molar-refractivity contribution < 1.29 is 14.7 Å². The van der Waals surface area contributed by atoms with Gasteiger partial charge in [0, 0.05) is 11.0 Å². The zero-order valence-corrected chi connectivity index (χ0v) is 12.1. The molecule has 1 amide bonds. The first kappa shape index (κ1) is 15.0. The van der Waals surface area contributed by atoms with Crippen LogP contribution in [0.2, 0.25) is 5.02 Å². The highest BCUT2D eigenvalue weighted by atomic mass is 79.9. The third kappa shape index (κ3) is 3.99. The number of benzene rings is 1. The molecule has 0 aromatic heterocycles. The number of carbonyl (C=O) groups excluding carboxylic acids is 1. The second-order valence-corrected chi connectivity index (χ2v) is 5.10. The molecular weight excluding hydrogens is 321 g/mol. The summed E-state index contributed by atoms with van der Waals surface area (Å²) in [5.41, 5.74) is 0.325. The Morgan fingerprint density at radius 1 is 1.50 bits per heavy atom. The zero-order chi connectivity index (χ0) is 13.7. The summed E-state index contributed by atoms with van der Waals surface area (Å²) in [5.74, 6) is -1.88. The van der Waals surface area contributed by atoms with Gasteiger partial charge in [-0.2, -0.15) is 0 Å². The monoisotopic (exact) mass is 333 g/mol. The van der Waals surface area contributed by atoms with Crippen molar-refractivity contribution in [2.75, 3.05) is 6.54 Å². The van der Waals surface area contributed by atoms with E-state index < -0.39 is 11.9 Å². The Labute approximate surface area is 118 Å². The van der Waals surface area contributed by atoms with E-state index in [9.17, 15) is 9.59 Å². The lowest BCUT2D eigenvalue weighted by Crippen LogP contribution is -2.32. The number of hydrogen-bond donors (Lipinski definition) is 2. The van der Waals surface area contributed by atoms with E-state index in [4.69, 9.17) is 16.7 Å². The van der Waals surface area contributed by atoms with Crippen LogP contribution in [0.3, 0.4) is 0 Å². The molecule has 0 spiro atoms. The van der Waals surface area contributed by atoms with E-state index in [2.05, 4.69) is 21.2 Å². The van der Waals surface area contributed by atoms with Crippen LogP contribution in [-0.2, 0) is 4.79 Å². The minimum absolute atomic E-state index is 0.0908. The molecule has 0 saturated carbocycles. The molecule has 18 heavy (non-hydrogen) atoms. The van der Waals surface area contributed by atoms with Gasteiger partial charge in [0.25, 0.3) is 5.91 Å². The first-order chi connectivity index (χ1) is 8.45. The Balaban J connectivity index is 2.71. The number of aliphatic carboxylic acids is 1. The summed E-state index contributed by atoms with van der Waals surface area (Å²) >= 11 is 9.15. The minimum Gasteiger partial charge on any atom is -0.481 e. The molecule has 0 aliphatic heterocycles. The Bertz CT molecular complexity index is 465. The average Bonchev–Trinajstić information content (AvgIpc) is 2.32. The van der Waals surface area contributed by atoms with Gasteiger partial charge in [-0.15, -0.1) is 0 Å². The first-order valence-corrected chi connectivity index (χ1v) is 6.58. The maximum Gasteiger partial charge on any atom is 0.308 e. The number of rotatable bonds is 5. The lowest BCUT2D eigenvalue weighted by molar-refractivity contribution is -0.141. The molecule has 2 N–H and O–H groups in total. The van der Waals surface area contributed by atoms with E-state index >= 15 is 0 Å². The zero-order valence-electron chi connectivity index (χ0n) is 9.74. The quantitative estimate of drug-likeness (QED) is 0.870. The van der Waals surface area contributed by atoms with Crippen molar-refractivity contribution in [2.24, 2.45) is 5.92 Å². The van der Waals surface area contributed by atoms with Crippen LogP contribution in [-0.4, -0.2) is 23.5 Å². The average molecular weight is 335 g/mol. The van der Waals surface area contributed by atoms with Crippen LogP contribution >= 0.6 is 27.5 Å². The van der Waals surface area contributed by atoms with Gasteiger partial charge in [-0.3, -0.25) is 9.59 Å². The van der Waals surface area contributed by atoms with E-state index in [1.165, 1.54) is 0 Å². The largest absolute Gasteiger partial charge is 0.481 e. The molecule has 1 rings (SSSR count). The number of halogens is 2. The molecule has 0 saturated heterocycles. The Morgan fingerprint density at radius 2 is 2.17 bits per heavy atom. The van der Waals surface area contributed by atoms with Crippen molar-refractivity contribution in [2.45, 2.75) is 13.3 Å². The maximum atomic E-state index is 11.9. The number of hydrogen-bond acceptors (Lipinski definition) is 2. The van der Waals surface area contributed by atoms with Gasteiger partial charge in [0.1, 0.15) is 0 Å². The molecule has 0 bridgehead atoms. The molecule has 1 unspecified atom stereocenters. The number of carboxylic acid groups (broad SMARTS) is 1. The predicted molar refractivity (Wildman–Crippen MR) is 72.9 cm³/mol. The highest BCUT2D eigenvalue weighted by molar-refractivity contribution is 9.10. The van der Waals surface area contributed by atoms with Crippen molar-refractivity contribution in [3.63, 3.8) is 0 Å². The van der Waals surface area contributed by atoms with E-state index in [0.717, 1.165) is 4.47 Å². The van der Waals surface area contributed by atoms with Gasteiger partial charge >= 0.3 is 5.97 Å². The molecule has 98 valence electrons. The summed E-state index contributed by atoms with van der Waals surface area (Å²) in [5, 5.41) is 11.8. The normalized spacial score (nSPS) is 11.9. The SMILES string of the molecule is CCC(CNC(=O)c1cc(Br)ccc1Cl)C(=O)O. The summed E-state index contributed by atoms with van der Waals surface area (Å²) in [6, 6.07) is 4.93.